The number of nitrogens with one attached hydrogen (secondary N) is 2. The smallest absolute Gasteiger partial charge is 0.251 e. The van der Waals surface area contributed by atoms with Crippen LogP contribution in [0.3, 0.4) is 0 Å². The van der Waals surface area contributed by atoms with Gasteiger partial charge < -0.3 is 16.2 Å². The summed E-state index contributed by atoms with van der Waals surface area (Å²) in [5.74, 6) is -0.377. The zero-order valence-corrected chi connectivity index (χ0v) is 9.84. The second-order valence-electron chi connectivity index (χ2n) is 4.00. The van der Waals surface area contributed by atoms with E-state index in [0.717, 1.165) is 5.56 Å². The van der Waals surface area contributed by atoms with Gasteiger partial charge in [-0.3, -0.25) is 9.89 Å². The Bertz CT molecular complexity index is 551. The summed E-state index contributed by atoms with van der Waals surface area (Å²) < 4.78 is 0. The van der Waals surface area contributed by atoms with E-state index in [0.29, 0.717) is 5.56 Å². The molecule has 2 rings (SSSR count). The summed E-state index contributed by atoms with van der Waals surface area (Å²) in [6.45, 7) is 1.85. The maximum atomic E-state index is 11.9. The van der Waals surface area contributed by atoms with Crippen molar-refractivity contribution in [3.8, 4) is 5.75 Å². The molecule has 0 bridgehead atoms. The standard InChI is InChI=1S/C12H14N4O2/c1-7(9-5-14-15-6-9)16-12(18)8-2-3-10(13)11(17)4-8/h2-7,17H,13H2,1H3,(H,14,15)(H,16,18). The lowest BCUT2D eigenvalue weighted by Crippen LogP contribution is -2.26. The van der Waals surface area contributed by atoms with Gasteiger partial charge in [-0.25, -0.2) is 0 Å². The van der Waals surface area contributed by atoms with Crippen molar-refractivity contribution in [1.29, 1.82) is 0 Å². The molecule has 6 nitrogen and oxygen atoms in total. The van der Waals surface area contributed by atoms with Crippen molar-refractivity contribution in [2.24, 2.45) is 0 Å². The SMILES string of the molecule is CC(NC(=O)c1ccc(N)c(O)c1)c1cn[nH]c1. The number of aromatic hydroxyl groups is 1. The largest absolute Gasteiger partial charge is 0.506 e. The maximum absolute atomic E-state index is 11.9. The van der Waals surface area contributed by atoms with Gasteiger partial charge in [-0.05, 0) is 25.1 Å². The number of carbonyl (C=O) groups excluding carboxylic acids is 1. The second kappa shape index (κ2) is 4.79. The van der Waals surface area contributed by atoms with Crippen LogP contribution in [0.1, 0.15) is 28.9 Å². The number of hydrogen-bond donors (Lipinski definition) is 4. The average molecular weight is 246 g/mol. The molecule has 0 saturated heterocycles. The van der Waals surface area contributed by atoms with Gasteiger partial charge in [0.1, 0.15) is 5.75 Å². The normalized spacial score (nSPS) is 12.1. The lowest BCUT2D eigenvalue weighted by molar-refractivity contribution is 0.0939. The Balaban J connectivity index is 2.10. The molecule has 1 aromatic carbocycles. The number of amides is 1. The highest BCUT2D eigenvalue weighted by atomic mass is 16.3. The molecular formula is C12H14N4O2. The van der Waals surface area contributed by atoms with Crippen molar-refractivity contribution in [3.63, 3.8) is 0 Å². The molecule has 1 amide bonds. The quantitative estimate of drug-likeness (QED) is 0.482. The van der Waals surface area contributed by atoms with Gasteiger partial charge in [0, 0.05) is 17.3 Å². The fraction of sp³-hybridized carbons (Fsp3) is 0.167. The minimum absolute atomic E-state index is 0.0985. The summed E-state index contributed by atoms with van der Waals surface area (Å²) in [5.41, 5.74) is 6.95. The summed E-state index contributed by atoms with van der Waals surface area (Å²) >= 11 is 0. The molecule has 0 radical (unpaired) electrons. The summed E-state index contributed by atoms with van der Waals surface area (Å²) in [5, 5.41) is 18.7. The van der Waals surface area contributed by atoms with Gasteiger partial charge in [-0.1, -0.05) is 0 Å². The molecule has 1 heterocycles. The molecule has 0 aliphatic rings. The number of nitrogens with two attached hydrogens (primary N) is 1. The Kier molecular flexibility index (Phi) is 3.18. The predicted octanol–water partition coefficient (Wildman–Crippen LogP) is 1.19. The fourth-order valence-corrected chi connectivity index (χ4v) is 1.55. The van der Waals surface area contributed by atoms with E-state index in [1.54, 1.807) is 18.5 Å². The van der Waals surface area contributed by atoms with E-state index >= 15 is 0 Å². The van der Waals surface area contributed by atoms with E-state index < -0.39 is 0 Å². The van der Waals surface area contributed by atoms with Crippen molar-refractivity contribution in [2.75, 3.05) is 5.73 Å². The molecule has 0 saturated carbocycles. The number of aromatic nitrogens is 2. The number of phenolic OH excluding ortho intramolecular Hbond substituents is 1. The van der Waals surface area contributed by atoms with Crippen LogP contribution < -0.4 is 11.1 Å². The van der Waals surface area contributed by atoms with E-state index in [1.807, 2.05) is 6.92 Å². The fourth-order valence-electron chi connectivity index (χ4n) is 1.55. The number of rotatable bonds is 3. The Morgan fingerprint density at radius 1 is 1.56 bits per heavy atom. The highest BCUT2D eigenvalue weighted by Gasteiger charge is 2.13. The van der Waals surface area contributed by atoms with Crippen LogP contribution in [0.2, 0.25) is 0 Å². The second-order valence-corrected chi connectivity index (χ2v) is 4.00. The van der Waals surface area contributed by atoms with E-state index in [2.05, 4.69) is 15.5 Å². The Morgan fingerprint density at radius 3 is 2.94 bits per heavy atom. The van der Waals surface area contributed by atoms with Crippen LogP contribution in [0.25, 0.3) is 0 Å². The molecule has 6 heteroatoms. The summed E-state index contributed by atoms with van der Waals surface area (Å²) in [6.07, 6.45) is 3.36. The molecule has 0 fully saturated rings. The van der Waals surface area contributed by atoms with Crippen LogP contribution in [0.15, 0.2) is 30.6 Å². The van der Waals surface area contributed by atoms with Gasteiger partial charge in [0.25, 0.3) is 5.91 Å². The molecule has 1 unspecified atom stereocenters. The lowest BCUT2D eigenvalue weighted by atomic mass is 10.1. The van der Waals surface area contributed by atoms with E-state index in [1.165, 1.54) is 12.1 Å². The van der Waals surface area contributed by atoms with Gasteiger partial charge in [0.2, 0.25) is 0 Å². The topological polar surface area (TPSA) is 104 Å². The summed E-state index contributed by atoms with van der Waals surface area (Å²) in [7, 11) is 0. The number of phenols is 1. The molecule has 0 aliphatic heterocycles. The van der Waals surface area contributed by atoms with Crippen molar-refractivity contribution in [2.45, 2.75) is 13.0 Å². The summed E-state index contributed by atoms with van der Waals surface area (Å²) in [4.78, 5) is 11.9. The minimum Gasteiger partial charge on any atom is -0.506 e. The first-order valence-corrected chi connectivity index (χ1v) is 5.46. The third kappa shape index (κ3) is 2.42. The Morgan fingerprint density at radius 2 is 2.33 bits per heavy atom. The molecule has 1 aromatic heterocycles. The first-order valence-electron chi connectivity index (χ1n) is 5.46. The molecule has 1 atom stereocenters. The number of hydrogen-bond acceptors (Lipinski definition) is 4. The van der Waals surface area contributed by atoms with E-state index in [4.69, 9.17) is 5.73 Å². The molecule has 5 N–H and O–H groups in total. The molecule has 2 aromatic rings. The molecule has 0 spiro atoms. The number of H-pyrrole nitrogens is 1. The van der Waals surface area contributed by atoms with Crippen molar-refractivity contribution >= 4 is 11.6 Å². The monoisotopic (exact) mass is 246 g/mol. The number of aromatic amines is 1. The van der Waals surface area contributed by atoms with Crippen molar-refractivity contribution in [3.05, 3.63) is 41.7 Å². The highest BCUT2D eigenvalue weighted by molar-refractivity contribution is 5.95. The summed E-state index contributed by atoms with van der Waals surface area (Å²) in [6, 6.07) is 4.22. The van der Waals surface area contributed by atoms with Gasteiger partial charge in [-0.2, -0.15) is 5.10 Å². The molecule has 94 valence electrons. The van der Waals surface area contributed by atoms with Crippen LogP contribution in [-0.2, 0) is 0 Å². The number of benzene rings is 1. The number of nitrogens with zero attached hydrogens (tertiary/aromatic N) is 1. The lowest BCUT2D eigenvalue weighted by Gasteiger charge is -2.12. The molecule has 18 heavy (non-hydrogen) atoms. The van der Waals surface area contributed by atoms with E-state index in [-0.39, 0.29) is 23.4 Å². The average Bonchev–Trinajstić information content (AvgIpc) is 2.86. The molecular weight excluding hydrogens is 232 g/mol. The van der Waals surface area contributed by atoms with Gasteiger partial charge >= 0.3 is 0 Å². The highest BCUT2D eigenvalue weighted by Crippen LogP contribution is 2.21. The first kappa shape index (κ1) is 12.0. The van der Waals surface area contributed by atoms with Gasteiger partial charge in [0.15, 0.2) is 0 Å². The van der Waals surface area contributed by atoms with Gasteiger partial charge in [0.05, 0.1) is 17.9 Å². The van der Waals surface area contributed by atoms with E-state index in [9.17, 15) is 9.90 Å². The van der Waals surface area contributed by atoms with Crippen LogP contribution in [0.5, 0.6) is 5.75 Å². The zero-order chi connectivity index (χ0) is 13.1. The number of anilines is 1. The van der Waals surface area contributed by atoms with Crippen LogP contribution in [-0.4, -0.2) is 21.2 Å². The first-order chi connectivity index (χ1) is 8.58. The zero-order valence-electron chi connectivity index (χ0n) is 9.84. The van der Waals surface area contributed by atoms with Crippen molar-refractivity contribution in [1.82, 2.24) is 15.5 Å². The van der Waals surface area contributed by atoms with Crippen LogP contribution >= 0.6 is 0 Å². The van der Waals surface area contributed by atoms with Crippen LogP contribution in [0.4, 0.5) is 5.69 Å². The van der Waals surface area contributed by atoms with Crippen molar-refractivity contribution < 1.29 is 9.90 Å². The third-order valence-corrected chi connectivity index (χ3v) is 2.66. The predicted molar refractivity (Wildman–Crippen MR) is 67.0 cm³/mol. The Hall–Kier alpha value is -2.50. The maximum Gasteiger partial charge on any atom is 0.251 e. The molecule has 0 aliphatic carbocycles. The van der Waals surface area contributed by atoms with Crippen LogP contribution in [0, 0.1) is 0 Å². The minimum atomic E-state index is -0.279. The third-order valence-electron chi connectivity index (χ3n) is 2.66. The Labute approximate surface area is 104 Å². The number of nitrogen functional groups attached to an aromatic ring is 1. The van der Waals surface area contributed by atoms with Gasteiger partial charge in [-0.15, -0.1) is 0 Å². The number of carbonyl (C=O) groups is 1.